The predicted octanol–water partition coefficient (Wildman–Crippen LogP) is 3.70. The quantitative estimate of drug-likeness (QED) is 0.291. The summed E-state index contributed by atoms with van der Waals surface area (Å²) >= 11 is 6.02. The SMILES string of the molecule is CCNC(=NCCOCc1ccccc1)NCCc1nc(-c2cccc(Cl)c2)no1. The first kappa shape index (κ1) is 21.8. The molecular weight excluding hydrogens is 402 g/mol. The third-order valence-electron chi connectivity index (χ3n) is 4.14. The topological polar surface area (TPSA) is 84.6 Å². The smallest absolute Gasteiger partial charge is 0.228 e. The average Bonchev–Trinajstić information content (AvgIpc) is 3.23. The summed E-state index contributed by atoms with van der Waals surface area (Å²) in [6, 6.07) is 17.5. The standard InChI is InChI=1S/C22H26ClN5O2/c1-2-24-22(26-13-14-29-16-17-7-4-3-5-8-17)25-12-11-20-27-21(28-30-20)18-9-6-10-19(23)15-18/h3-10,15H,2,11-14,16H2,1H3,(H2,24,25,26). The van der Waals surface area contributed by atoms with Gasteiger partial charge in [-0.15, -0.1) is 0 Å². The van der Waals surface area contributed by atoms with E-state index in [-0.39, 0.29) is 0 Å². The molecule has 1 aromatic heterocycles. The van der Waals surface area contributed by atoms with E-state index < -0.39 is 0 Å². The molecule has 3 rings (SSSR count). The zero-order valence-corrected chi connectivity index (χ0v) is 17.7. The Hall–Kier alpha value is -2.90. The Bertz CT molecular complexity index is 930. The molecule has 2 aromatic carbocycles. The molecule has 0 saturated heterocycles. The van der Waals surface area contributed by atoms with Gasteiger partial charge < -0.3 is 19.9 Å². The van der Waals surface area contributed by atoms with Crippen molar-refractivity contribution < 1.29 is 9.26 Å². The molecule has 2 N–H and O–H groups in total. The molecule has 0 atom stereocenters. The van der Waals surface area contributed by atoms with Crippen molar-refractivity contribution in [3.05, 3.63) is 71.1 Å². The molecule has 0 amide bonds. The Kier molecular flexibility index (Phi) is 8.68. The van der Waals surface area contributed by atoms with Crippen molar-refractivity contribution in [2.24, 2.45) is 4.99 Å². The van der Waals surface area contributed by atoms with Gasteiger partial charge in [0.2, 0.25) is 11.7 Å². The normalized spacial score (nSPS) is 11.5. The second-order valence-electron chi connectivity index (χ2n) is 6.50. The lowest BCUT2D eigenvalue weighted by Crippen LogP contribution is -2.38. The number of aromatic nitrogens is 2. The molecule has 0 fully saturated rings. The van der Waals surface area contributed by atoms with E-state index in [0.717, 1.165) is 23.6 Å². The Morgan fingerprint density at radius 1 is 1.13 bits per heavy atom. The molecule has 30 heavy (non-hydrogen) atoms. The van der Waals surface area contributed by atoms with E-state index in [0.29, 0.717) is 49.5 Å². The number of guanidine groups is 1. The number of halogens is 1. The lowest BCUT2D eigenvalue weighted by Gasteiger charge is -2.10. The van der Waals surface area contributed by atoms with Crippen molar-refractivity contribution in [1.29, 1.82) is 0 Å². The number of ether oxygens (including phenoxy) is 1. The molecule has 1 heterocycles. The lowest BCUT2D eigenvalue weighted by atomic mass is 10.2. The van der Waals surface area contributed by atoms with E-state index in [4.69, 9.17) is 20.9 Å². The van der Waals surface area contributed by atoms with Crippen LogP contribution in [0.25, 0.3) is 11.4 Å². The summed E-state index contributed by atoms with van der Waals surface area (Å²) in [7, 11) is 0. The summed E-state index contributed by atoms with van der Waals surface area (Å²) in [6.07, 6.45) is 0.586. The summed E-state index contributed by atoms with van der Waals surface area (Å²) in [5, 5.41) is 11.1. The van der Waals surface area contributed by atoms with Crippen molar-refractivity contribution in [3.63, 3.8) is 0 Å². The Balaban J connectivity index is 1.41. The third-order valence-corrected chi connectivity index (χ3v) is 4.38. The molecule has 0 aliphatic rings. The van der Waals surface area contributed by atoms with Crippen molar-refractivity contribution in [3.8, 4) is 11.4 Å². The molecule has 0 aliphatic heterocycles. The average molecular weight is 428 g/mol. The number of rotatable bonds is 10. The summed E-state index contributed by atoms with van der Waals surface area (Å²) in [6.45, 7) is 5.13. The molecule has 8 heteroatoms. The highest BCUT2D eigenvalue weighted by Crippen LogP contribution is 2.19. The second-order valence-corrected chi connectivity index (χ2v) is 6.93. The van der Waals surface area contributed by atoms with Gasteiger partial charge >= 0.3 is 0 Å². The summed E-state index contributed by atoms with van der Waals surface area (Å²) in [4.78, 5) is 8.95. The van der Waals surface area contributed by atoms with Crippen LogP contribution in [-0.2, 0) is 17.8 Å². The van der Waals surface area contributed by atoms with E-state index in [9.17, 15) is 0 Å². The van der Waals surface area contributed by atoms with Gasteiger partial charge in [0.15, 0.2) is 5.96 Å². The molecule has 0 saturated carbocycles. The zero-order chi connectivity index (χ0) is 21.0. The Morgan fingerprint density at radius 3 is 2.80 bits per heavy atom. The molecule has 0 unspecified atom stereocenters. The van der Waals surface area contributed by atoms with Crippen LogP contribution < -0.4 is 10.6 Å². The van der Waals surface area contributed by atoms with Gasteiger partial charge in [-0.1, -0.05) is 59.2 Å². The fourth-order valence-electron chi connectivity index (χ4n) is 2.72. The number of hydrogen-bond donors (Lipinski definition) is 2. The fourth-order valence-corrected chi connectivity index (χ4v) is 2.91. The van der Waals surface area contributed by atoms with Crippen molar-refractivity contribution >= 4 is 17.6 Å². The van der Waals surface area contributed by atoms with Gasteiger partial charge in [0.25, 0.3) is 0 Å². The van der Waals surface area contributed by atoms with Crippen molar-refractivity contribution in [2.45, 2.75) is 20.0 Å². The molecule has 158 valence electrons. The van der Waals surface area contributed by atoms with Crippen LogP contribution in [0.2, 0.25) is 5.02 Å². The van der Waals surface area contributed by atoms with Gasteiger partial charge in [-0.2, -0.15) is 4.98 Å². The third kappa shape index (κ3) is 7.17. The van der Waals surface area contributed by atoms with Gasteiger partial charge in [0.1, 0.15) is 0 Å². The Labute approximate surface area is 181 Å². The minimum absolute atomic E-state index is 0.531. The monoisotopic (exact) mass is 427 g/mol. The van der Waals surface area contributed by atoms with Gasteiger partial charge in [-0.05, 0) is 24.6 Å². The molecule has 0 bridgehead atoms. The minimum atomic E-state index is 0.531. The highest BCUT2D eigenvalue weighted by molar-refractivity contribution is 6.30. The van der Waals surface area contributed by atoms with Crippen LogP contribution in [0.15, 0.2) is 64.1 Å². The van der Waals surface area contributed by atoms with Crippen LogP contribution in [0.3, 0.4) is 0 Å². The maximum atomic E-state index is 6.02. The van der Waals surface area contributed by atoms with E-state index in [1.165, 1.54) is 0 Å². The number of nitrogens with one attached hydrogen (secondary N) is 2. The maximum Gasteiger partial charge on any atom is 0.228 e. The maximum absolute atomic E-state index is 6.02. The number of nitrogens with zero attached hydrogens (tertiary/aromatic N) is 3. The number of benzene rings is 2. The van der Waals surface area contributed by atoms with Crippen LogP contribution in [0.5, 0.6) is 0 Å². The summed E-state index contributed by atoms with van der Waals surface area (Å²) in [5.74, 6) is 1.82. The van der Waals surface area contributed by atoms with E-state index in [1.807, 2.05) is 61.5 Å². The number of aliphatic imine (C=N–C) groups is 1. The molecule has 0 aliphatic carbocycles. The predicted molar refractivity (Wildman–Crippen MR) is 119 cm³/mol. The minimum Gasteiger partial charge on any atom is -0.375 e. The van der Waals surface area contributed by atoms with Crippen LogP contribution in [-0.4, -0.2) is 42.3 Å². The van der Waals surface area contributed by atoms with Crippen molar-refractivity contribution in [1.82, 2.24) is 20.8 Å². The first-order valence-corrected chi connectivity index (χ1v) is 10.3. The van der Waals surface area contributed by atoms with E-state index in [2.05, 4.69) is 25.8 Å². The Morgan fingerprint density at radius 2 is 2.00 bits per heavy atom. The largest absolute Gasteiger partial charge is 0.375 e. The van der Waals surface area contributed by atoms with E-state index in [1.54, 1.807) is 0 Å². The lowest BCUT2D eigenvalue weighted by molar-refractivity contribution is 0.128. The molecule has 0 radical (unpaired) electrons. The molecule has 7 nitrogen and oxygen atoms in total. The van der Waals surface area contributed by atoms with Gasteiger partial charge in [-0.25, -0.2) is 0 Å². The van der Waals surface area contributed by atoms with Crippen LogP contribution >= 0.6 is 11.6 Å². The van der Waals surface area contributed by atoms with Crippen LogP contribution in [0.4, 0.5) is 0 Å². The highest BCUT2D eigenvalue weighted by atomic mass is 35.5. The molecular formula is C22H26ClN5O2. The van der Waals surface area contributed by atoms with Gasteiger partial charge in [-0.3, -0.25) is 4.99 Å². The fraction of sp³-hybridized carbons (Fsp3) is 0.318. The van der Waals surface area contributed by atoms with Crippen molar-refractivity contribution in [2.75, 3.05) is 26.2 Å². The molecule has 0 spiro atoms. The first-order chi connectivity index (χ1) is 14.7. The molecule has 3 aromatic rings. The summed E-state index contributed by atoms with van der Waals surface area (Å²) in [5.41, 5.74) is 1.99. The number of hydrogen-bond acceptors (Lipinski definition) is 5. The highest BCUT2D eigenvalue weighted by Gasteiger charge is 2.09. The van der Waals surface area contributed by atoms with Gasteiger partial charge in [0, 0.05) is 30.1 Å². The second kappa shape index (κ2) is 11.9. The zero-order valence-electron chi connectivity index (χ0n) is 17.0. The summed E-state index contributed by atoms with van der Waals surface area (Å²) < 4.78 is 11.0. The first-order valence-electron chi connectivity index (χ1n) is 9.97. The van der Waals surface area contributed by atoms with Crippen LogP contribution in [0, 0.1) is 0 Å². The van der Waals surface area contributed by atoms with Crippen LogP contribution in [0.1, 0.15) is 18.4 Å². The van der Waals surface area contributed by atoms with Gasteiger partial charge in [0.05, 0.1) is 19.8 Å². The van der Waals surface area contributed by atoms with E-state index >= 15 is 0 Å².